The van der Waals surface area contributed by atoms with Crippen LogP contribution in [0.3, 0.4) is 0 Å². The van der Waals surface area contributed by atoms with Crippen LogP contribution in [0.2, 0.25) is 0 Å². The summed E-state index contributed by atoms with van der Waals surface area (Å²) in [6, 6.07) is 6.51. The Morgan fingerprint density at radius 2 is 1.82 bits per heavy atom. The largest absolute Gasteiger partial charge is 0.207 e. The maximum Gasteiger partial charge on any atom is 0.123 e. The minimum atomic E-state index is -0.183. The number of benzene rings is 1. The van der Waals surface area contributed by atoms with E-state index in [0.29, 0.717) is 0 Å². The van der Waals surface area contributed by atoms with Crippen molar-refractivity contribution in [3.8, 4) is 0 Å². The lowest BCUT2D eigenvalue weighted by molar-refractivity contribution is 0.627. The van der Waals surface area contributed by atoms with Gasteiger partial charge in [0, 0.05) is 0 Å². The van der Waals surface area contributed by atoms with Gasteiger partial charge in [-0.2, -0.15) is 0 Å². The predicted octanol–water partition coefficient (Wildman–Crippen LogP) is 3.25. The third kappa shape index (κ3) is 1.90. The molecule has 1 rings (SSSR count). The quantitative estimate of drug-likeness (QED) is 0.576. The fourth-order valence-corrected chi connectivity index (χ4v) is 0.879. The molecule has 0 nitrogen and oxygen atoms in total. The molecule has 0 N–H and O–H groups in total. The van der Waals surface area contributed by atoms with Gasteiger partial charge in [0.1, 0.15) is 5.82 Å². The second-order valence-corrected chi connectivity index (χ2v) is 2.48. The van der Waals surface area contributed by atoms with Gasteiger partial charge in [-0.3, -0.25) is 0 Å². The van der Waals surface area contributed by atoms with Crippen molar-refractivity contribution in [1.82, 2.24) is 0 Å². The molecule has 0 aliphatic heterocycles. The average molecular weight is 150 g/mol. The van der Waals surface area contributed by atoms with Crippen molar-refractivity contribution in [3.63, 3.8) is 0 Å². The molecular weight excluding hydrogens is 139 g/mol. The molecule has 1 aromatic carbocycles. The van der Waals surface area contributed by atoms with E-state index < -0.39 is 0 Å². The van der Waals surface area contributed by atoms with E-state index in [-0.39, 0.29) is 5.82 Å². The fourth-order valence-electron chi connectivity index (χ4n) is 0.879. The summed E-state index contributed by atoms with van der Waals surface area (Å²) in [5.41, 5.74) is 2.25. The van der Waals surface area contributed by atoms with Crippen LogP contribution in [0.15, 0.2) is 30.3 Å². The zero-order chi connectivity index (χ0) is 8.27. The number of hydrogen-bond acceptors (Lipinski definition) is 0. The molecule has 0 saturated carbocycles. The molecule has 0 aliphatic rings. The fraction of sp³-hybridized carbons (Fsp3) is 0.200. The van der Waals surface area contributed by atoms with Gasteiger partial charge in [-0.05, 0) is 37.1 Å². The summed E-state index contributed by atoms with van der Waals surface area (Å²) in [6.45, 7) is 3.98. The molecule has 0 aliphatic carbocycles. The second-order valence-electron chi connectivity index (χ2n) is 2.48. The van der Waals surface area contributed by atoms with Crippen LogP contribution < -0.4 is 0 Å². The van der Waals surface area contributed by atoms with Gasteiger partial charge in [-0.15, -0.1) is 0 Å². The molecular formula is C10H11F. The highest BCUT2D eigenvalue weighted by atomic mass is 19.1. The highest BCUT2D eigenvalue weighted by molar-refractivity contribution is 5.62. The van der Waals surface area contributed by atoms with Crippen molar-refractivity contribution in [2.75, 3.05) is 0 Å². The molecule has 1 aromatic rings. The van der Waals surface area contributed by atoms with Crippen molar-refractivity contribution in [1.29, 1.82) is 0 Å². The molecule has 58 valence electrons. The van der Waals surface area contributed by atoms with E-state index in [1.165, 1.54) is 17.7 Å². The Morgan fingerprint density at radius 1 is 1.27 bits per heavy atom. The van der Waals surface area contributed by atoms with E-state index in [1.54, 1.807) is 12.1 Å². The lowest BCUT2D eigenvalue weighted by atomic mass is 10.1. The van der Waals surface area contributed by atoms with Crippen LogP contribution in [0.1, 0.15) is 19.4 Å². The highest BCUT2D eigenvalue weighted by Crippen LogP contribution is 2.13. The minimum Gasteiger partial charge on any atom is -0.207 e. The molecule has 0 spiro atoms. The Labute approximate surface area is 66.4 Å². The van der Waals surface area contributed by atoms with Gasteiger partial charge in [0.15, 0.2) is 0 Å². The summed E-state index contributed by atoms with van der Waals surface area (Å²) in [5.74, 6) is -0.183. The third-order valence-electron chi connectivity index (χ3n) is 1.73. The first-order valence-corrected chi connectivity index (χ1v) is 3.63. The number of hydrogen-bond donors (Lipinski definition) is 0. The monoisotopic (exact) mass is 150 g/mol. The van der Waals surface area contributed by atoms with E-state index in [1.807, 2.05) is 19.9 Å². The molecule has 0 aromatic heterocycles. The van der Waals surface area contributed by atoms with Crippen molar-refractivity contribution in [2.24, 2.45) is 0 Å². The lowest BCUT2D eigenvalue weighted by Crippen LogP contribution is -1.79. The Bertz CT molecular complexity index is 257. The first kappa shape index (κ1) is 7.99. The van der Waals surface area contributed by atoms with Crippen LogP contribution in [-0.2, 0) is 0 Å². The summed E-state index contributed by atoms with van der Waals surface area (Å²) in [7, 11) is 0. The number of rotatable bonds is 1. The van der Waals surface area contributed by atoms with Gasteiger partial charge in [-0.25, -0.2) is 4.39 Å². The molecule has 0 unspecified atom stereocenters. The van der Waals surface area contributed by atoms with Crippen molar-refractivity contribution >= 4 is 5.57 Å². The zero-order valence-electron chi connectivity index (χ0n) is 6.76. The van der Waals surface area contributed by atoms with E-state index >= 15 is 0 Å². The van der Waals surface area contributed by atoms with Gasteiger partial charge in [0.05, 0.1) is 0 Å². The van der Waals surface area contributed by atoms with Crippen LogP contribution in [-0.4, -0.2) is 0 Å². The number of halogens is 1. The Balaban J connectivity index is 2.99. The normalized spacial score (nSPS) is 11.7. The summed E-state index contributed by atoms with van der Waals surface area (Å²) in [5, 5.41) is 0. The molecule has 0 radical (unpaired) electrons. The Hall–Kier alpha value is -1.11. The van der Waals surface area contributed by atoms with Crippen LogP contribution in [0, 0.1) is 5.82 Å². The maximum absolute atomic E-state index is 12.4. The van der Waals surface area contributed by atoms with Gasteiger partial charge < -0.3 is 0 Å². The molecule has 1 heteroatoms. The molecule has 0 fully saturated rings. The summed E-state index contributed by atoms with van der Waals surface area (Å²) < 4.78 is 12.4. The first-order valence-electron chi connectivity index (χ1n) is 3.63. The summed E-state index contributed by atoms with van der Waals surface area (Å²) >= 11 is 0. The minimum absolute atomic E-state index is 0.183. The number of allylic oxidation sites excluding steroid dienone is 2. The third-order valence-corrected chi connectivity index (χ3v) is 1.73. The van der Waals surface area contributed by atoms with Gasteiger partial charge >= 0.3 is 0 Å². The lowest BCUT2D eigenvalue weighted by Gasteiger charge is -1.98. The molecule has 0 saturated heterocycles. The Kier molecular flexibility index (Phi) is 2.42. The second kappa shape index (κ2) is 3.33. The predicted molar refractivity (Wildman–Crippen MR) is 45.7 cm³/mol. The van der Waals surface area contributed by atoms with Crippen LogP contribution in [0.25, 0.3) is 5.57 Å². The van der Waals surface area contributed by atoms with Gasteiger partial charge in [0.25, 0.3) is 0 Å². The molecule has 0 heterocycles. The molecule has 0 atom stereocenters. The van der Waals surface area contributed by atoms with Crippen molar-refractivity contribution < 1.29 is 4.39 Å². The summed E-state index contributed by atoms with van der Waals surface area (Å²) in [6.07, 6.45) is 2.01. The topological polar surface area (TPSA) is 0 Å². The standard InChI is InChI=1S/C10H11F/c1-3-8(2)9-4-6-10(11)7-5-9/h3-7H,1-2H3. The van der Waals surface area contributed by atoms with E-state index in [9.17, 15) is 4.39 Å². The van der Waals surface area contributed by atoms with Crippen LogP contribution >= 0.6 is 0 Å². The van der Waals surface area contributed by atoms with E-state index in [0.717, 1.165) is 5.56 Å². The molecule has 0 bridgehead atoms. The zero-order valence-corrected chi connectivity index (χ0v) is 6.76. The maximum atomic E-state index is 12.4. The smallest absolute Gasteiger partial charge is 0.123 e. The highest BCUT2D eigenvalue weighted by Gasteiger charge is 1.93. The van der Waals surface area contributed by atoms with Crippen molar-refractivity contribution in [3.05, 3.63) is 41.7 Å². The van der Waals surface area contributed by atoms with E-state index in [4.69, 9.17) is 0 Å². The van der Waals surface area contributed by atoms with Gasteiger partial charge in [0.2, 0.25) is 0 Å². The van der Waals surface area contributed by atoms with E-state index in [2.05, 4.69) is 0 Å². The van der Waals surface area contributed by atoms with Crippen LogP contribution in [0.4, 0.5) is 4.39 Å². The Morgan fingerprint density at radius 3 is 2.27 bits per heavy atom. The molecule has 0 amide bonds. The first-order chi connectivity index (χ1) is 5.24. The average Bonchev–Trinajstić information content (AvgIpc) is 2.05. The van der Waals surface area contributed by atoms with Gasteiger partial charge in [-0.1, -0.05) is 18.2 Å². The van der Waals surface area contributed by atoms with Crippen LogP contribution in [0.5, 0.6) is 0 Å². The SMILES string of the molecule is CC=C(C)c1ccc(F)cc1. The molecule has 11 heavy (non-hydrogen) atoms. The summed E-state index contributed by atoms with van der Waals surface area (Å²) in [4.78, 5) is 0. The van der Waals surface area contributed by atoms with Crippen molar-refractivity contribution in [2.45, 2.75) is 13.8 Å².